The number of carbonyl (C=O) groups excluding carboxylic acids is 1. The van der Waals surface area contributed by atoms with Crippen LogP contribution >= 0.6 is 0 Å². The van der Waals surface area contributed by atoms with Gasteiger partial charge in [0.1, 0.15) is 16.9 Å². The molecule has 0 radical (unpaired) electrons. The number of hydrogen-bond donors (Lipinski definition) is 1. The number of ketones is 1. The number of fused-ring (bicyclic) bond motifs is 1. The molecule has 4 nitrogen and oxygen atoms in total. The number of benzene rings is 1. The molecule has 0 atom stereocenters. The third-order valence-electron chi connectivity index (χ3n) is 3.57. The molecule has 0 aliphatic carbocycles. The lowest BCUT2D eigenvalue weighted by Gasteiger charge is -2.05. The Morgan fingerprint density at radius 3 is 2.62 bits per heavy atom. The summed E-state index contributed by atoms with van der Waals surface area (Å²) in [4.78, 5) is 24.0. The molecular formula is C17H20O4. The summed E-state index contributed by atoms with van der Waals surface area (Å²) in [5.41, 5.74) is -0.687. The zero-order chi connectivity index (χ0) is 15.2. The zero-order valence-corrected chi connectivity index (χ0v) is 12.2. The number of rotatable bonds is 7. The molecule has 0 bridgehead atoms. The molecule has 0 fully saturated rings. The molecule has 0 unspecified atom stereocenters. The van der Waals surface area contributed by atoms with Crippen molar-refractivity contribution in [2.75, 3.05) is 0 Å². The lowest BCUT2D eigenvalue weighted by atomic mass is 10.0. The highest BCUT2D eigenvalue weighted by atomic mass is 16.4. The Kier molecular flexibility index (Phi) is 5.14. The summed E-state index contributed by atoms with van der Waals surface area (Å²) >= 11 is 0. The summed E-state index contributed by atoms with van der Waals surface area (Å²) in [5, 5.41) is 10.6. The van der Waals surface area contributed by atoms with Crippen LogP contribution in [0.4, 0.5) is 0 Å². The summed E-state index contributed by atoms with van der Waals surface area (Å²) in [6.07, 6.45) is 5.33. The average Bonchev–Trinajstić information content (AvgIpc) is 2.47. The van der Waals surface area contributed by atoms with Gasteiger partial charge in [-0.3, -0.25) is 4.79 Å². The van der Waals surface area contributed by atoms with Gasteiger partial charge in [-0.25, -0.2) is 4.79 Å². The van der Waals surface area contributed by atoms with E-state index < -0.39 is 5.63 Å². The van der Waals surface area contributed by atoms with Crippen molar-refractivity contribution in [3.05, 3.63) is 40.2 Å². The Morgan fingerprint density at radius 2 is 1.86 bits per heavy atom. The molecular weight excluding hydrogens is 268 g/mol. The Morgan fingerprint density at radius 1 is 1.14 bits per heavy atom. The molecule has 0 spiro atoms. The van der Waals surface area contributed by atoms with Crippen molar-refractivity contribution in [3.8, 4) is 5.75 Å². The van der Waals surface area contributed by atoms with Gasteiger partial charge in [-0.1, -0.05) is 44.7 Å². The second kappa shape index (κ2) is 7.07. The molecule has 21 heavy (non-hydrogen) atoms. The fourth-order valence-electron chi connectivity index (χ4n) is 2.39. The summed E-state index contributed by atoms with van der Waals surface area (Å²) in [7, 11) is 0. The van der Waals surface area contributed by atoms with Crippen molar-refractivity contribution in [1.29, 1.82) is 0 Å². The van der Waals surface area contributed by atoms with E-state index in [-0.39, 0.29) is 23.5 Å². The van der Waals surface area contributed by atoms with Crippen LogP contribution in [0.15, 0.2) is 33.5 Å². The van der Waals surface area contributed by atoms with E-state index in [2.05, 4.69) is 6.92 Å². The Hall–Kier alpha value is -2.10. The minimum absolute atomic E-state index is 0.218. The maximum atomic E-state index is 12.1. The molecule has 4 heteroatoms. The summed E-state index contributed by atoms with van der Waals surface area (Å²) in [6, 6.07) is 6.65. The molecule has 0 saturated heterocycles. The van der Waals surface area contributed by atoms with Crippen LogP contribution in [0.3, 0.4) is 0 Å². The van der Waals surface area contributed by atoms with Gasteiger partial charge in [0.25, 0.3) is 0 Å². The molecule has 0 aliphatic rings. The van der Waals surface area contributed by atoms with Gasteiger partial charge >= 0.3 is 5.63 Å². The second-order valence-corrected chi connectivity index (χ2v) is 5.20. The van der Waals surface area contributed by atoms with Crippen molar-refractivity contribution in [2.24, 2.45) is 0 Å². The number of unbranched alkanes of at least 4 members (excludes halogenated alkanes) is 4. The number of Topliss-reactive ketones (excluding diaryl/α,β-unsaturated/α-hetero) is 1. The topological polar surface area (TPSA) is 67.5 Å². The van der Waals surface area contributed by atoms with Gasteiger partial charge in [0, 0.05) is 6.42 Å². The molecule has 2 rings (SSSR count). The van der Waals surface area contributed by atoms with Crippen LogP contribution in [0.1, 0.15) is 55.8 Å². The average molecular weight is 288 g/mol. The van der Waals surface area contributed by atoms with Gasteiger partial charge < -0.3 is 9.52 Å². The normalized spacial score (nSPS) is 10.9. The molecule has 0 saturated carbocycles. The molecule has 112 valence electrons. The molecule has 1 N–H and O–H groups in total. The maximum absolute atomic E-state index is 12.1. The van der Waals surface area contributed by atoms with E-state index in [1.807, 2.05) is 0 Å². The van der Waals surface area contributed by atoms with Crippen LogP contribution in [-0.4, -0.2) is 10.9 Å². The monoisotopic (exact) mass is 288 g/mol. The summed E-state index contributed by atoms with van der Waals surface area (Å²) in [5.74, 6) is -0.607. The number of hydrogen-bond acceptors (Lipinski definition) is 4. The van der Waals surface area contributed by atoms with Crippen LogP contribution in [-0.2, 0) is 0 Å². The maximum Gasteiger partial charge on any atom is 0.351 e. The smallest absolute Gasteiger partial charge is 0.351 e. The summed E-state index contributed by atoms with van der Waals surface area (Å²) in [6.45, 7) is 2.13. The minimum atomic E-state index is -0.759. The van der Waals surface area contributed by atoms with Crippen molar-refractivity contribution in [1.82, 2.24) is 0 Å². The molecule has 2 aromatic rings. The highest BCUT2D eigenvalue weighted by molar-refractivity contribution is 6.02. The molecule has 1 aromatic heterocycles. The first-order valence-electron chi connectivity index (χ1n) is 7.43. The molecule has 1 heterocycles. The van der Waals surface area contributed by atoms with Gasteiger partial charge in [-0.05, 0) is 18.6 Å². The Bertz CT molecular complexity index is 685. The second-order valence-electron chi connectivity index (χ2n) is 5.20. The van der Waals surface area contributed by atoms with Crippen molar-refractivity contribution >= 4 is 16.8 Å². The lowest BCUT2D eigenvalue weighted by molar-refractivity contribution is 0.0973. The van der Waals surface area contributed by atoms with E-state index in [1.165, 1.54) is 0 Å². The highest BCUT2D eigenvalue weighted by Gasteiger charge is 2.20. The van der Waals surface area contributed by atoms with E-state index in [0.29, 0.717) is 11.0 Å². The minimum Gasteiger partial charge on any atom is -0.506 e. The van der Waals surface area contributed by atoms with Gasteiger partial charge in [-0.2, -0.15) is 0 Å². The number of aromatic hydroxyl groups is 1. The Labute approximate surface area is 123 Å². The van der Waals surface area contributed by atoms with E-state index >= 15 is 0 Å². The lowest BCUT2D eigenvalue weighted by Crippen LogP contribution is -2.14. The van der Waals surface area contributed by atoms with Crippen molar-refractivity contribution in [2.45, 2.75) is 45.4 Å². The first-order valence-corrected chi connectivity index (χ1v) is 7.43. The largest absolute Gasteiger partial charge is 0.506 e. The predicted molar refractivity (Wildman–Crippen MR) is 81.9 cm³/mol. The Balaban J connectivity index is 2.17. The predicted octanol–water partition coefficient (Wildman–Crippen LogP) is 4.04. The third-order valence-corrected chi connectivity index (χ3v) is 3.57. The van der Waals surface area contributed by atoms with E-state index in [4.69, 9.17) is 4.42 Å². The molecule has 1 aromatic carbocycles. The third kappa shape index (κ3) is 3.51. The van der Waals surface area contributed by atoms with Crippen molar-refractivity contribution < 1.29 is 14.3 Å². The van der Waals surface area contributed by atoms with E-state index in [9.17, 15) is 14.7 Å². The standard InChI is InChI=1S/C17H20O4/c1-2-3-4-5-6-10-13(18)15-16(19)12-9-7-8-11-14(12)21-17(15)20/h7-9,11,19H,2-6,10H2,1H3. The molecule has 0 aliphatic heterocycles. The fourth-order valence-corrected chi connectivity index (χ4v) is 2.39. The number of para-hydroxylation sites is 1. The van der Waals surface area contributed by atoms with E-state index in [1.54, 1.807) is 24.3 Å². The highest BCUT2D eigenvalue weighted by Crippen LogP contribution is 2.27. The zero-order valence-electron chi connectivity index (χ0n) is 12.2. The first kappa shape index (κ1) is 15.3. The van der Waals surface area contributed by atoms with Gasteiger partial charge in [-0.15, -0.1) is 0 Å². The van der Waals surface area contributed by atoms with E-state index in [0.717, 1.165) is 32.1 Å². The summed E-state index contributed by atoms with van der Waals surface area (Å²) < 4.78 is 5.10. The van der Waals surface area contributed by atoms with Crippen LogP contribution in [0.2, 0.25) is 0 Å². The molecule has 0 amide bonds. The van der Waals surface area contributed by atoms with Gasteiger partial charge in [0.15, 0.2) is 5.78 Å². The SMILES string of the molecule is CCCCCCCC(=O)c1c(O)c2ccccc2oc1=O. The van der Waals surface area contributed by atoms with Crippen LogP contribution in [0, 0.1) is 0 Å². The quantitative estimate of drug-likeness (QED) is 0.474. The van der Waals surface area contributed by atoms with Gasteiger partial charge in [0.2, 0.25) is 0 Å². The first-order chi connectivity index (χ1) is 10.1. The van der Waals surface area contributed by atoms with Crippen molar-refractivity contribution in [3.63, 3.8) is 0 Å². The fraction of sp³-hybridized carbons (Fsp3) is 0.412. The van der Waals surface area contributed by atoms with Crippen LogP contribution < -0.4 is 5.63 Å². The number of carbonyl (C=O) groups is 1. The van der Waals surface area contributed by atoms with Crippen LogP contribution in [0.5, 0.6) is 5.75 Å². The van der Waals surface area contributed by atoms with Gasteiger partial charge in [0.05, 0.1) is 5.39 Å². The van der Waals surface area contributed by atoms with Crippen LogP contribution in [0.25, 0.3) is 11.0 Å².